The summed E-state index contributed by atoms with van der Waals surface area (Å²) >= 11 is 3.37. The van der Waals surface area contributed by atoms with Crippen molar-refractivity contribution in [2.24, 2.45) is 5.10 Å². The molecular formula is C32H24BrN4O7+. The number of nitrogens with zero attached hydrogens (tertiary/aromatic N) is 2. The second-order valence-electron chi connectivity index (χ2n) is 9.43. The Morgan fingerprint density at radius 1 is 0.955 bits per heavy atom. The second kappa shape index (κ2) is 13.6. The lowest BCUT2D eigenvalue weighted by Crippen LogP contribution is -2.32. The fourth-order valence-electron chi connectivity index (χ4n) is 4.20. The molecule has 4 aromatic carbocycles. The minimum Gasteiger partial charge on any atom is -0.493 e. The molecule has 0 radical (unpaired) electrons. The van der Waals surface area contributed by atoms with Gasteiger partial charge in [0.15, 0.2) is 0 Å². The summed E-state index contributed by atoms with van der Waals surface area (Å²) in [4.78, 5) is 49.6. The van der Waals surface area contributed by atoms with E-state index in [1.54, 1.807) is 48.5 Å². The fraction of sp³-hybridized carbons (Fsp3) is 0.0625. The average Bonchev–Trinajstić information content (AvgIpc) is 3.50. The van der Waals surface area contributed by atoms with Crippen LogP contribution in [0.2, 0.25) is 0 Å². The summed E-state index contributed by atoms with van der Waals surface area (Å²) in [6.07, 6.45) is 3.61. The van der Waals surface area contributed by atoms with Gasteiger partial charge >= 0.3 is 11.7 Å². The van der Waals surface area contributed by atoms with E-state index in [1.165, 1.54) is 42.6 Å². The molecule has 0 fully saturated rings. The van der Waals surface area contributed by atoms with Crippen LogP contribution in [-0.2, 0) is 11.2 Å². The van der Waals surface area contributed by atoms with E-state index in [-0.39, 0.29) is 27.6 Å². The molecule has 2 amide bonds. The minimum absolute atomic E-state index is 0.0494. The van der Waals surface area contributed by atoms with Crippen LogP contribution in [0.4, 0.5) is 5.69 Å². The normalized spacial score (nSPS) is 12.2. The number of esters is 1. The highest BCUT2D eigenvalue weighted by atomic mass is 79.9. The van der Waals surface area contributed by atoms with E-state index in [0.717, 1.165) is 17.7 Å². The van der Waals surface area contributed by atoms with Crippen molar-refractivity contribution in [2.75, 3.05) is 6.61 Å². The number of nitrogens with one attached hydrogen (secondary N) is 2. The summed E-state index contributed by atoms with van der Waals surface area (Å²) in [6.45, 7) is 0.582. The summed E-state index contributed by atoms with van der Waals surface area (Å²) < 4.78 is 11.8. The number of amides is 2. The lowest BCUT2D eigenvalue weighted by Gasteiger charge is -2.10. The minimum atomic E-state index is -0.722. The molecule has 4 aromatic rings. The van der Waals surface area contributed by atoms with Gasteiger partial charge in [-0.05, 0) is 65.7 Å². The van der Waals surface area contributed by atoms with Crippen LogP contribution >= 0.6 is 15.9 Å². The topological polar surface area (TPSA) is 146 Å². The number of halogens is 1. The molecule has 5 rings (SSSR count). The van der Waals surface area contributed by atoms with Crippen LogP contribution in [0.15, 0.2) is 106 Å². The van der Waals surface area contributed by atoms with Crippen molar-refractivity contribution in [2.45, 2.75) is 6.42 Å². The summed E-state index contributed by atoms with van der Waals surface area (Å²) in [5.41, 5.74) is 4.86. The standard InChI is InChI=1S/C32H23BrN4O7/c33-25-10-13-28(44-32(40)23-8-11-26(12-9-23)37(41)42)24(18-25)19-34-36-31(39)27(35-30(38)22-4-2-1-3-5-22)16-20-6-7-21-14-15-43-29(21)17-20/h1-13,16-19H,14-15H2,(H2-,35,36,38,39,41,42)/p+1/b27-16+,34-19+. The van der Waals surface area contributed by atoms with E-state index in [9.17, 15) is 19.3 Å². The van der Waals surface area contributed by atoms with Crippen molar-refractivity contribution in [1.29, 1.82) is 0 Å². The molecule has 0 atom stereocenters. The Hall–Kier alpha value is -5.62. The van der Waals surface area contributed by atoms with Crippen molar-refractivity contribution >= 4 is 51.7 Å². The molecule has 0 aromatic heterocycles. The Morgan fingerprint density at radius 2 is 1.73 bits per heavy atom. The van der Waals surface area contributed by atoms with Gasteiger partial charge in [-0.2, -0.15) is 5.10 Å². The van der Waals surface area contributed by atoms with Crippen LogP contribution in [0.1, 0.15) is 37.4 Å². The maximum absolute atomic E-state index is 13.3. The van der Waals surface area contributed by atoms with Crippen LogP contribution in [0.25, 0.3) is 6.08 Å². The van der Waals surface area contributed by atoms with Crippen molar-refractivity contribution in [1.82, 2.24) is 10.7 Å². The molecule has 44 heavy (non-hydrogen) atoms. The molecule has 1 aliphatic heterocycles. The maximum atomic E-state index is 13.3. The monoisotopic (exact) mass is 655 g/mol. The van der Waals surface area contributed by atoms with Gasteiger partial charge in [0.2, 0.25) is 0 Å². The molecule has 11 nitrogen and oxygen atoms in total. The molecule has 1 aliphatic rings. The summed E-state index contributed by atoms with van der Waals surface area (Å²) in [5.74, 6) is -1.04. The molecular weight excluding hydrogens is 632 g/mol. The number of hydrogen-bond acceptors (Lipinski definition) is 7. The van der Waals surface area contributed by atoms with E-state index in [1.807, 2.05) is 12.1 Å². The lowest BCUT2D eigenvalue weighted by molar-refractivity contribution is -0.729. The number of hydrazone groups is 1. The van der Waals surface area contributed by atoms with Gasteiger partial charge in [-0.15, -0.1) is 0 Å². The molecule has 0 spiro atoms. The number of hydrogen-bond donors (Lipinski definition) is 3. The molecule has 3 N–H and O–H groups in total. The number of ether oxygens (including phenoxy) is 2. The van der Waals surface area contributed by atoms with Gasteiger partial charge in [-0.25, -0.2) is 15.4 Å². The van der Waals surface area contributed by atoms with Gasteiger partial charge in [0.05, 0.1) is 23.3 Å². The third-order valence-corrected chi connectivity index (χ3v) is 6.92. The van der Waals surface area contributed by atoms with Crippen LogP contribution in [0, 0.1) is 4.91 Å². The molecule has 0 saturated carbocycles. The van der Waals surface area contributed by atoms with E-state index in [0.29, 0.717) is 27.8 Å². The zero-order chi connectivity index (χ0) is 31.1. The summed E-state index contributed by atoms with van der Waals surface area (Å²) in [7, 11) is 0. The number of fused-ring (bicyclic) bond motifs is 1. The Labute approximate surface area is 259 Å². The molecule has 1 heterocycles. The van der Waals surface area contributed by atoms with Gasteiger partial charge in [0.25, 0.3) is 16.7 Å². The highest BCUT2D eigenvalue weighted by Gasteiger charge is 2.18. The summed E-state index contributed by atoms with van der Waals surface area (Å²) in [5, 5.41) is 15.7. The van der Waals surface area contributed by atoms with Crippen molar-refractivity contribution in [3.8, 4) is 11.5 Å². The van der Waals surface area contributed by atoms with E-state index < -0.39 is 17.8 Å². The molecule has 0 unspecified atom stereocenters. The van der Waals surface area contributed by atoms with Gasteiger partial charge in [-0.3, -0.25) is 9.59 Å². The molecule has 0 bridgehead atoms. The Bertz CT molecular complexity index is 1810. The van der Waals surface area contributed by atoms with Crippen molar-refractivity contribution in [3.63, 3.8) is 0 Å². The first kappa shape index (κ1) is 29.9. The van der Waals surface area contributed by atoms with Gasteiger partial charge < -0.3 is 14.8 Å². The number of carbonyl (C=O) groups is 3. The van der Waals surface area contributed by atoms with Crippen LogP contribution in [0.3, 0.4) is 0 Å². The first-order chi connectivity index (χ1) is 21.3. The average molecular weight is 656 g/mol. The molecule has 0 saturated heterocycles. The van der Waals surface area contributed by atoms with Crippen LogP contribution in [0.5, 0.6) is 11.5 Å². The van der Waals surface area contributed by atoms with Crippen molar-refractivity contribution in [3.05, 3.63) is 134 Å². The highest BCUT2D eigenvalue weighted by molar-refractivity contribution is 9.10. The Balaban J connectivity index is 1.34. The Kier molecular flexibility index (Phi) is 9.21. The first-order valence-electron chi connectivity index (χ1n) is 13.2. The van der Waals surface area contributed by atoms with Gasteiger partial charge in [0.1, 0.15) is 17.2 Å². The zero-order valence-corrected chi connectivity index (χ0v) is 24.5. The third kappa shape index (κ3) is 7.41. The quantitative estimate of drug-likeness (QED) is 0.0727. The maximum Gasteiger partial charge on any atom is 0.343 e. The highest BCUT2D eigenvalue weighted by Crippen LogP contribution is 2.27. The number of benzene rings is 4. The predicted octanol–water partition coefficient (Wildman–Crippen LogP) is 5.32. The smallest absolute Gasteiger partial charge is 0.343 e. The predicted molar refractivity (Wildman–Crippen MR) is 164 cm³/mol. The van der Waals surface area contributed by atoms with Crippen molar-refractivity contribution < 1.29 is 34.0 Å². The van der Waals surface area contributed by atoms with Crippen LogP contribution < -0.4 is 20.2 Å². The number of carbonyl (C=O) groups excluding carboxylic acids is 3. The lowest BCUT2D eigenvalue weighted by atomic mass is 10.1. The van der Waals surface area contributed by atoms with E-state index >= 15 is 0 Å². The van der Waals surface area contributed by atoms with E-state index in [2.05, 4.69) is 31.8 Å². The van der Waals surface area contributed by atoms with Gasteiger partial charge in [-0.1, -0.05) is 46.3 Å². The third-order valence-electron chi connectivity index (χ3n) is 6.43. The summed E-state index contributed by atoms with van der Waals surface area (Å²) in [6, 6.07) is 24.0. The second-order valence-corrected chi connectivity index (χ2v) is 10.4. The molecule has 12 heteroatoms. The SMILES string of the molecule is O=C(N/N=C/c1cc(Br)ccc1OC(=O)c1ccc([N+](=O)O)cc1)/C(=C\c1ccc2c(c1)OCC2)NC(=O)c1ccccc1. The zero-order valence-electron chi connectivity index (χ0n) is 22.9. The molecule has 220 valence electrons. The van der Waals surface area contributed by atoms with Gasteiger partial charge in [0, 0.05) is 34.2 Å². The van der Waals surface area contributed by atoms with Crippen LogP contribution in [-0.4, -0.2) is 40.7 Å². The Morgan fingerprint density at radius 3 is 2.48 bits per heavy atom. The van der Waals surface area contributed by atoms with E-state index in [4.69, 9.17) is 14.7 Å². The fourth-order valence-corrected chi connectivity index (χ4v) is 4.58. The number of rotatable bonds is 9. The largest absolute Gasteiger partial charge is 0.493 e. The molecule has 0 aliphatic carbocycles. The first-order valence-corrected chi connectivity index (χ1v) is 14.0.